The molecule has 0 spiro atoms. The fourth-order valence-electron chi connectivity index (χ4n) is 2.10. The van der Waals surface area contributed by atoms with Crippen molar-refractivity contribution in [2.24, 2.45) is 0 Å². The lowest BCUT2D eigenvalue weighted by Gasteiger charge is -2.20. The molecule has 1 aromatic rings. The van der Waals surface area contributed by atoms with Crippen LogP contribution in [-0.4, -0.2) is 40.4 Å². The third kappa shape index (κ3) is 2.93. The minimum absolute atomic E-state index is 0.203. The number of rotatable bonds is 3. The quantitative estimate of drug-likeness (QED) is 0.877. The van der Waals surface area contributed by atoms with Crippen LogP contribution >= 0.6 is 11.3 Å². The molecule has 0 saturated carbocycles. The molecule has 0 bridgehead atoms. The van der Waals surface area contributed by atoms with Gasteiger partial charge >= 0.3 is 5.97 Å². The van der Waals surface area contributed by atoms with Crippen LogP contribution in [0.2, 0.25) is 0 Å². The number of amides is 2. The van der Waals surface area contributed by atoms with Gasteiger partial charge in [0.2, 0.25) is 5.91 Å². The van der Waals surface area contributed by atoms with Gasteiger partial charge in [-0.25, -0.2) is 4.79 Å². The summed E-state index contributed by atoms with van der Waals surface area (Å²) in [6.07, 6.45) is 1.19. The molecule has 102 valence electrons. The fourth-order valence-corrected chi connectivity index (χ4v) is 3.01. The SMILES string of the molecule is CC(=O)Nc1ccc(C(=O)N2CCC[C@H]2C(=O)O)s1. The number of hydrogen-bond acceptors (Lipinski definition) is 4. The summed E-state index contributed by atoms with van der Waals surface area (Å²) in [4.78, 5) is 36.0. The van der Waals surface area contributed by atoms with Crippen LogP contribution in [0.5, 0.6) is 0 Å². The Balaban J connectivity index is 2.13. The predicted molar refractivity (Wildman–Crippen MR) is 70.3 cm³/mol. The molecule has 1 aromatic heterocycles. The minimum Gasteiger partial charge on any atom is -0.480 e. The van der Waals surface area contributed by atoms with Crippen molar-refractivity contribution in [3.8, 4) is 0 Å². The second-order valence-electron chi connectivity index (χ2n) is 4.34. The molecule has 2 amide bonds. The normalized spacial score (nSPS) is 18.4. The lowest BCUT2D eigenvalue weighted by atomic mass is 10.2. The Morgan fingerprint density at radius 3 is 2.79 bits per heavy atom. The van der Waals surface area contributed by atoms with Crippen molar-refractivity contribution in [3.05, 3.63) is 17.0 Å². The fraction of sp³-hybridized carbons (Fsp3) is 0.417. The van der Waals surface area contributed by atoms with E-state index in [1.54, 1.807) is 12.1 Å². The number of nitrogens with zero attached hydrogens (tertiary/aromatic N) is 1. The molecule has 0 radical (unpaired) electrons. The molecule has 6 nitrogen and oxygen atoms in total. The number of thiophene rings is 1. The number of anilines is 1. The third-order valence-corrected chi connectivity index (χ3v) is 3.90. The zero-order valence-electron chi connectivity index (χ0n) is 10.4. The first-order valence-electron chi connectivity index (χ1n) is 5.90. The average Bonchev–Trinajstić information content (AvgIpc) is 2.94. The van der Waals surface area contributed by atoms with Crippen LogP contribution in [0.15, 0.2) is 12.1 Å². The third-order valence-electron chi connectivity index (χ3n) is 2.91. The summed E-state index contributed by atoms with van der Waals surface area (Å²) in [5, 5.41) is 12.2. The van der Waals surface area contributed by atoms with E-state index in [0.717, 1.165) is 11.3 Å². The van der Waals surface area contributed by atoms with Gasteiger partial charge in [0.05, 0.1) is 9.88 Å². The smallest absolute Gasteiger partial charge is 0.326 e. The lowest BCUT2D eigenvalue weighted by Crippen LogP contribution is -2.40. The van der Waals surface area contributed by atoms with Crippen molar-refractivity contribution in [3.63, 3.8) is 0 Å². The van der Waals surface area contributed by atoms with Gasteiger partial charge in [-0.15, -0.1) is 11.3 Å². The highest BCUT2D eigenvalue weighted by Crippen LogP contribution is 2.26. The van der Waals surface area contributed by atoms with E-state index in [2.05, 4.69) is 5.32 Å². The first-order valence-corrected chi connectivity index (χ1v) is 6.72. The first kappa shape index (κ1) is 13.5. The van der Waals surface area contributed by atoms with E-state index in [9.17, 15) is 14.4 Å². The molecule has 1 aliphatic heterocycles. The highest BCUT2D eigenvalue weighted by Gasteiger charge is 2.34. The first-order chi connectivity index (χ1) is 8.99. The van der Waals surface area contributed by atoms with Gasteiger partial charge in [-0.1, -0.05) is 0 Å². The summed E-state index contributed by atoms with van der Waals surface area (Å²) in [6.45, 7) is 1.85. The zero-order chi connectivity index (χ0) is 14.0. The monoisotopic (exact) mass is 282 g/mol. The van der Waals surface area contributed by atoms with Gasteiger partial charge in [0.25, 0.3) is 5.91 Å². The van der Waals surface area contributed by atoms with Gasteiger partial charge in [-0.3, -0.25) is 9.59 Å². The number of carbonyl (C=O) groups excluding carboxylic acids is 2. The van der Waals surface area contributed by atoms with Gasteiger partial charge in [0.1, 0.15) is 6.04 Å². The standard InChI is InChI=1S/C12H14N2O4S/c1-7(15)13-10-5-4-9(19-10)11(16)14-6-2-3-8(14)12(17)18/h4-5,8H,2-3,6H2,1H3,(H,13,15)(H,17,18)/t8-/m0/s1. The summed E-state index contributed by atoms with van der Waals surface area (Å²) in [6, 6.07) is 2.51. The van der Waals surface area contributed by atoms with E-state index >= 15 is 0 Å². The van der Waals surface area contributed by atoms with Crippen molar-refractivity contribution in [1.82, 2.24) is 4.90 Å². The Bertz CT molecular complexity index is 526. The highest BCUT2D eigenvalue weighted by molar-refractivity contribution is 7.18. The highest BCUT2D eigenvalue weighted by atomic mass is 32.1. The van der Waals surface area contributed by atoms with Gasteiger partial charge < -0.3 is 15.3 Å². The van der Waals surface area contributed by atoms with Gasteiger partial charge in [0, 0.05) is 13.5 Å². The molecule has 0 unspecified atom stereocenters. The zero-order valence-corrected chi connectivity index (χ0v) is 11.2. The maximum atomic E-state index is 12.2. The van der Waals surface area contributed by atoms with E-state index in [0.29, 0.717) is 29.3 Å². The molecule has 2 rings (SSSR count). The second-order valence-corrected chi connectivity index (χ2v) is 5.42. The average molecular weight is 282 g/mol. The molecular weight excluding hydrogens is 268 g/mol. The van der Waals surface area contributed by atoms with E-state index in [-0.39, 0.29) is 11.8 Å². The maximum Gasteiger partial charge on any atom is 0.326 e. The number of likely N-dealkylation sites (tertiary alicyclic amines) is 1. The van der Waals surface area contributed by atoms with Crippen LogP contribution in [-0.2, 0) is 9.59 Å². The van der Waals surface area contributed by atoms with Crippen molar-refractivity contribution in [1.29, 1.82) is 0 Å². The van der Waals surface area contributed by atoms with E-state index in [4.69, 9.17) is 5.11 Å². The number of aliphatic carboxylic acids is 1. The van der Waals surface area contributed by atoms with Crippen molar-refractivity contribution >= 4 is 34.1 Å². The topological polar surface area (TPSA) is 86.7 Å². The van der Waals surface area contributed by atoms with Crippen LogP contribution in [0.1, 0.15) is 29.4 Å². The molecule has 0 aliphatic carbocycles. The van der Waals surface area contributed by atoms with E-state index in [1.165, 1.54) is 11.8 Å². The number of carbonyl (C=O) groups is 3. The summed E-state index contributed by atoms with van der Waals surface area (Å²) in [5.41, 5.74) is 0. The maximum absolute atomic E-state index is 12.2. The van der Waals surface area contributed by atoms with Crippen LogP contribution in [0.4, 0.5) is 5.00 Å². The number of nitrogens with one attached hydrogen (secondary N) is 1. The van der Waals surface area contributed by atoms with Crippen molar-refractivity contribution < 1.29 is 19.5 Å². The molecule has 1 aliphatic rings. The van der Waals surface area contributed by atoms with Crippen molar-refractivity contribution in [2.75, 3.05) is 11.9 Å². The van der Waals surface area contributed by atoms with Gasteiger partial charge in [-0.05, 0) is 25.0 Å². The molecule has 1 saturated heterocycles. The van der Waals surface area contributed by atoms with E-state index < -0.39 is 12.0 Å². The van der Waals surface area contributed by atoms with E-state index in [1.807, 2.05) is 0 Å². The van der Waals surface area contributed by atoms with Gasteiger partial charge in [-0.2, -0.15) is 0 Å². The predicted octanol–water partition coefficient (Wildman–Crippen LogP) is 1.40. The molecule has 19 heavy (non-hydrogen) atoms. The summed E-state index contributed by atoms with van der Waals surface area (Å²) >= 11 is 1.15. The Morgan fingerprint density at radius 1 is 1.42 bits per heavy atom. The molecule has 2 N–H and O–H groups in total. The molecule has 0 aromatic carbocycles. The van der Waals surface area contributed by atoms with Crippen LogP contribution in [0, 0.1) is 0 Å². The Labute approximate surface area is 114 Å². The summed E-state index contributed by atoms with van der Waals surface area (Å²) < 4.78 is 0. The van der Waals surface area contributed by atoms with Crippen LogP contribution in [0.25, 0.3) is 0 Å². The molecule has 1 fully saturated rings. The Hall–Kier alpha value is -1.89. The van der Waals surface area contributed by atoms with Gasteiger partial charge in [0.15, 0.2) is 0 Å². The van der Waals surface area contributed by atoms with Crippen LogP contribution < -0.4 is 5.32 Å². The molecule has 7 heteroatoms. The summed E-state index contributed by atoms with van der Waals surface area (Å²) in [7, 11) is 0. The Kier molecular flexibility index (Phi) is 3.84. The number of hydrogen-bond donors (Lipinski definition) is 2. The summed E-state index contributed by atoms with van der Waals surface area (Å²) in [5.74, 6) is -1.46. The number of carboxylic acids is 1. The van der Waals surface area contributed by atoms with Crippen molar-refractivity contribution in [2.45, 2.75) is 25.8 Å². The molecule has 1 atom stereocenters. The minimum atomic E-state index is -0.968. The molecule has 2 heterocycles. The second kappa shape index (κ2) is 5.40. The molecular formula is C12H14N2O4S. The largest absolute Gasteiger partial charge is 0.480 e. The number of carboxylic acid groups (broad SMARTS) is 1. The lowest BCUT2D eigenvalue weighted by molar-refractivity contribution is -0.141. The van der Waals surface area contributed by atoms with Crippen LogP contribution in [0.3, 0.4) is 0 Å². The Morgan fingerprint density at radius 2 is 2.16 bits per heavy atom.